The molecule has 4 aromatic rings. The second kappa shape index (κ2) is 12.4. The number of carbonyl (C=O) groups is 1. The number of hydrogen-bond donors (Lipinski definition) is 1. The SMILES string of the molecule is CC(C)(C)N1CCC(Cc2c(OC(=O)N[C@H](c3cccc(F)c3)C3CC3)c3cccc(Cl)c3c(=O)n2-c2ccccc2)CC1. The third kappa shape index (κ3) is 6.40. The number of pyridine rings is 1. The molecule has 0 bridgehead atoms. The Kier molecular flexibility index (Phi) is 8.53. The molecule has 8 heteroatoms. The molecular formula is C36H39ClFN3O3. The van der Waals surface area contributed by atoms with Crippen molar-refractivity contribution in [2.24, 2.45) is 11.8 Å². The van der Waals surface area contributed by atoms with Crippen molar-refractivity contribution in [1.82, 2.24) is 14.8 Å². The summed E-state index contributed by atoms with van der Waals surface area (Å²) in [5, 5.41) is 4.12. The zero-order valence-corrected chi connectivity index (χ0v) is 26.2. The molecule has 6 nitrogen and oxygen atoms in total. The van der Waals surface area contributed by atoms with E-state index in [-0.39, 0.29) is 34.8 Å². The van der Waals surface area contributed by atoms with Crippen molar-refractivity contribution in [3.63, 3.8) is 0 Å². The molecule has 44 heavy (non-hydrogen) atoms. The summed E-state index contributed by atoms with van der Waals surface area (Å²) >= 11 is 6.65. The van der Waals surface area contributed by atoms with Crippen LogP contribution in [0.3, 0.4) is 0 Å². The van der Waals surface area contributed by atoms with Gasteiger partial charge in [0.2, 0.25) is 0 Å². The quantitative estimate of drug-likeness (QED) is 0.228. The molecule has 1 N–H and O–H groups in total. The number of rotatable bonds is 7. The maximum atomic E-state index is 14.2. The highest BCUT2D eigenvalue weighted by atomic mass is 35.5. The van der Waals surface area contributed by atoms with Crippen LogP contribution in [-0.2, 0) is 6.42 Å². The van der Waals surface area contributed by atoms with Gasteiger partial charge in [0.25, 0.3) is 5.56 Å². The van der Waals surface area contributed by atoms with Gasteiger partial charge >= 0.3 is 6.09 Å². The molecule has 2 fully saturated rings. The Bertz CT molecular complexity index is 1720. The van der Waals surface area contributed by atoms with Crippen molar-refractivity contribution in [2.45, 2.75) is 64.5 Å². The summed E-state index contributed by atoms with van der Waals surface area (Å²) in [6.45, 7) is 8.61. The van der Waals surface area contributed by atoms with E-state index in [1.165, 1.54) is 12.1 Å². The molecule has 0 spiro atoms. The Hall–Kier alpha value is -3.68. The molecule has 0 unspecified atom stereocenters. The summed E-state index contributed by atoms with van der Waals surface area (Å²) in [5.41, 5.74) is 1.87. The van der Waals surface area contributed by atoms with Crippen molar-refractivity contribution < 1.29 is 13.9 Å². The number of para-hydroxylation sites is 1. The maximum Gasteiger partial charge on any atom is 0.413 e. The number of carbonyl (C=O) groups excluding carboxylic acids is 1. The number of amides is 1. The number of fused-ring (bicyclic) bond motifs is 1. The van der Waals surface area contributed by atoms with E-state index in [4.69, 9.17) is 16.3 Å². The zero-order valence-electron chi connectivity index (χ0n) is 25.5. The van der Waals surface area contributed by atoms with Gasteiger partial charge in [-0.15, -0.1) is 0 Å². The van der Waals surface area contributed by atoms with Gasteiger partial charge in [0.1, 0.15) is 5.82 Å². The zero-order chi connectivity index (χ0) is 31.0. The van der Waals surface area contributed by atoms with Crippen molar-refractivity contribution in [3.05, 3.63) is 105 Å². The highest BCUT2D eigenvalue weighted by Gasteiger charge is 2.35. The number of halogens is 2. The van der Waals surface area contributed by atoms with Gasteiger partial charge in [-0.1, -0.05) is 54.1 Å². The first-order chi connectivity index (χ1) is 21.1. The van der Waals surface area contributed by atoms with Crippen LogP contribution >= 0.6 is 11.6 Å². The number of nitrogens with one attached hydrogen (secondary N) is 1. The molecule has 1 amide bonds. The van der Waals surface area contributed by atoms with Crippen LogP contribution < -0.4 is 15.6 Å². The Morgan fingerprint density at radius 1 is 1.00 bits per heavy atom. The van der Waals surface area contributed by atoms with E-state index in [1.54, 1.807) is 28.8 Å². The third-order valence-electron chi connectivity index (χ3n) is 9.04. The maximum absolute atomic E-state index is 14.2. The van der Waals surface area contributed by atoms with Gasteiger partial charge in [-0.05, 0) is 114 Å². The minimum absolute atomic E-state index is 0.0862. The predicted octanol–water partition coefficient (Wildman–Crippen LogP) is 8.08. The van der Waals surface area contributed by atoms with Crippen molar-refractivity contribution in [2.75, 3.05) is 13.1 Å². The molecule has 2 heterocycles. The number of nitrogens with zero attached hydrogens (tertiary/aromatic N) is 2. The number of ether oxygens (including phenoxy) is 1. The van der Waals surface area contributed by atoms with E-state index in [0.717, 1.165) is 38.8 Å². The molecule has 2 aliphatic rings. The lowest BCUT2D eigenvalue weighted by molar-refractivity contribution is 0.0870. The van der Waals surface area contributed by atoms with Crippen LogP contribution in [0.15, 0.2) is 77.6 Å². The van der Waals surface area contributed by atoms with E-state index in [9.17, 15) is 14.0 Å². The normalized spacial score (nSPS) is 17.0. The van der Waals surface area contributed by atoms with Crippen LogP contribution in [0.4, 0.5) is 9.18 Å². The van der Waals surface area contributed by atoms with E-state index in [1.807, 2.05) is 36.4 Å². The fourth-order valence-corrected chi connectivity index (χ4v) is 6.76. The second-order valence-corrected chi connectivity index (χ2v) is 13.5. The van der Waals surface area contributed by atoms with Gasteiger partial charge in [-0.2, -0.15) is 0 Å². The van der Waals surface area contributed by atoms with Crippen LogP contribution in [0.1, 0.15) is 63.8 Å². The monoisotopic (exact) mass is 615 g/mol. The second-order valence-electron chi connectivity index (χ2n) is 13.1. The van der Waals surface area contributed by atoms with E-state index < -0.39 is 6.09 Å². The number of piperidine rings is 1. The van der Waals surface area contributed by atoms with Gasteiger partial charge in [0.15, 0.2) is 5.75 Å². The van der Waals surface area contributed by atoms with E-state index >= 15 is 0 Å². The topological polar surface area (TPSA) is 63.6 Å². The molecule has 6 rings (SSSR count). The van der Waals surface area contributed by atoms with Gasteiger partial charge in [0, 0.05) is 16.6 Å². The molecule has 1 saturated carbocycles. The lowest BCUT2D eigenvalue weighted by Gasteiger charge is -2.41. The average molecular weight is 616 g/mol. The lowest BCUT2D eigenvalue weighted by Crippen LogP contribution is -2.46. The molecule has 0 radical (unpaired) electrons. The minimum atomic E-state index is -0.644. The average Bonchev–Trinajstić information content (AvgIpc) is 3.84. The highest BCUT2D eigenvalue weighted by molar-refractivity contribution is 6.35. The van der Waals surface area contributed by atoms with Crippen LogP contribution in [0.2, 0.25) is 5.02 Å². The summed E-state index contributed by atoms with van der Waals surface area (Å²) in [5.74, 6) is 0.479. The van der Waals surface area contributed by atoms with Gasteiger partial charge in [0.05, 0.1) is 22.1 Å². The van der Waals surface area contributed by atoms with Gasteiger partial charge in [-0.25, -0.2) is 9.18 Å². The summed E-state index contributed by atoms with van der Waals surface area (Å²) in [6.07, 6.45) is 3.72. The minimum Gasteiger partial charge on any atom is -0.408 e. The first kappa shape index (κ1) is 30.4. The first-order valence-electron chi connectivity index (χ1n) is 15.5. The van der Waals surface area contributed by atoms with E-state index in [0.29, 0.717) is 44.9 Å². The fraction of sp³-hybridized carbons (Fsp3) is 0.389. The predicted molar refractivity (Wildman–Crippen MR) is 173 cm³/mol. The summed E-state index contributed by atoms with van der Waals surface area (Å²) in [4.78, 5) is 30.4. The van der Waals surface area contributed by atoms with Gasteiger partial charge < -0.3 is 10.1 Å². The van der Waals surface area contributed by atoms with Crippen LogP contribution in [0.5, 0.6) is 5.75 Å². The summed E-state index contributed by atoms with van der Waals surface area (Å²) < 4.78 is 22.0. The smallest absolute Gasteiger partial charge is 0.408 e. The first-order valence-corrected chi connectivity index (χ1v) is 15.9. The van der Waals surface area contributed by atoms with Gasteiger partial charge in [-0.3, -0.25) is 14.3 Å². The molecule has 1 aliphatic carbocycles. The number of hydrogen-bond acceptors (Lipinski definition) is 4. The Labute approximate surface area is 262 Å². The number of likely N-dealkylation sites (tertiary alicyclic amines) is 1. The van der Waals surface area contributed by atoms with Crippen molar-refractivity contribution in [3.8, 4) is 11.4 Å². The van der Waals surface area contributed by atoms with Crippen LogP contribution in [0.25, 0.3) is 16.5 Å². The number of benzene rings is 3. The molecule has 230 valence electrons. The largest absolute Gasteiger partial charge is 0.413 e. The number of aromatic nitrogens is 1. The molecule has 1 aliphatic heterocycles. The molecule has 1 aromatic heterocycles. The van der Waals surface area contributed by atoms with Crippen LogP contribution in [0, 0.1) is 17.7 Å². The summed E-state index contributed by atoms with van der Waals surface area (Å²) in [7, 11) is 0. The Balaban J connectivity index is 1.42. The molecule has 1 saturated heterocycles. The lowest BCUT2D eigenvalue weighted by atomic mass is 9.88. The molecule has 3 aromatic carbocycles. The standard InChI is InChI=1S/C36H39ClFN3O3/c1-36(2,3)40-19-17-23(18-20-40)21-30-33(44-35(43)39-32(24-15-16-24)25-9-7-10-26(38)22-25)28-13-8-14-29(37)31(28)34(42)41(30)27-11-5-4-6-12-27/h4-14,22-24,32H,15-21H2,1-3H3,(H,39,43)/t32-/m0/s1. The van der Waals surface area contributed by atoms with Crippen molar-refractivity contribution >= 4 is 28.5 Å². The Morgan fingerprint density at radius 2 is 1.70 bits per heavy atom. The fourth-order valence-electron chi connectivity index (χ4n) is 6.50. The summed E-state index contributed by atoms with van der Waals surface area (Å²) in [6, 6.07) is 20.6. The van der Waals surface area contributed by atoms with E-state index in [2.05, 4.69) is 31.0 Å². The molecular weight excluding hydrogens is 577 g/mol. The highest BCUT2D eigenvalue weighted by Crippen LogP contribution is 2.42. The molecule has 1 atom stereocenters. The van der Waals surface area contributed by atoms with Crippen LogP contribution in [-0.4, -0.2) is 34.2 Å². The Morgan fingerprint density at radius 3 is 2.36 bits per heavy atom. The van der Waals surface area contributed by atoms with Crippen molar-refractivity contribution in [1.29, 1.82) is 0 Å². The third-order valence-corrected chi connectivity index (χ3v) is 9.35.